The van der Waals surface area contributed by atoms with Crippen LogP contribution in [0.25, 0.3) is 11.0 Å². The molecule has 0 aliphatic heterocycles. The first-order valence-corrected chi connectivity index (χ1v) is 9.82. The molecule has 0 fully saturated rings. The highest BCUT2D eigenvalue weighted by atomic mass is 16.5. The van der Waals surface area contributed by atoms with Crippen LogP contribution in [-0.4, -0.2) is 29.7 Å². The maximum absolute atomic E-state index is 12.8. The van der Waals surface area contributed by atoms with Gasteiger partial charge in [0.15, 0.2) is 11.5 Å². The summed E-state index contributed by atoms with van der Waals surface area (Å²) in [5.74, 6) is 2.38. The molecule has 1 heterocycles. The van der Waals surface area contributed by atoms with E-state index in [1.165, 1.54) is 0 Å². The fourth-order valence-electron chi connectivity index (χ4n) is 3.33. The highest BCUT2D eigenvalue weighted by molar-refractivity contribution is 5.92. The van der Waals surface area contributed by atoms with Gasteiger partial charge >= 0.3 is 0 Å². The van der Waals surface area contributed by atoms with Crippen LogP contribution in [0.1, 0.15) is 5.82 Å². The van der Waals surface area contributed by atoms with Crippen molar-refractivity contribution in [1.82, 2.24) is 9.55 Å². The van der Waals surface area contributed by atoms with E-state index in [2.05, 4.69) is 10.3 Å². The van der Waals surface area contributed by atoms with Gasteiger partial charge in [-0.2, -0.15) is 0 Å². The first-order chi connectivity index (χ1) is 15.2. The number of carbonyl (C=O) groups is 1. The Morgan fingerprint density at radius 2 is 1.68 bits per heavy atom. The number of nitrogens with one attached hydrogen (secondary N) is 1. The molecule has 4 aromatic rings. The van der Waals surface area contributed by atoms with E-state index in [-0.39, 0.29) is 19.1 Å². The SMILES string of the molecule is COc1ccc(NC(=O)Cn2c(COc3ccccc3)nc3ccccc32)cc1OC. The third-order valence-corrected chi connectivity index (χ3v) is 4.81. The van der Waals surface area contributed by atoms with Crippen LogP contribution in [0.2, 0.25) is 0 Å². The van der Waals surface area contributed by atoms with Crippen molar-refractivity contribution in [3.8, 4) is 17.2 Å². The monoisotopic (exact) mass is 417 g/mol. The van der Waals surface area contributed by atoms with Crippen LogP contribution >= 0.6 is 0 Å². The molecule has 3 aromatic carbocycles. The molecule has 0 atom stereocenters. The molecule has 1 amide bonds. The third kappa shape index (κ3) is 4.61. The number of fused-ring (bicyclic) bond motifs is 1. The van der Waals surface area contributed by atoms with Gasteiger partial charge < -0.3 is 24.1 Å². The molecule has 0 saturated carbocycles. The molecule has 31 heavy (non-hydrogen) atoms. The van der Waals surface area contributed by atoms with Crippen LogP contribution in [0.5, 0.6) is 17.2 Å². The van der Waals surface area contributed by atoms with Crippen molar-refractivity contribution in [3.63, 3.8) is 0 Å². The number of hydrogen-bond acceptors (Lipinski definition) is 5. The Labute approximate surface area is 180 Å². The van der Waals surface area contributed by atoms with E-state index >= 15 is 0 Å². The smallest absolute Gasteiger partial charge is 0.244 e. The Balaban J connectivity index is 1.54. The molecule has 158 valence electrons. The van der Waals surface area contributed by atoms with Crippen molar-refractivity contribution in [2.24, 2.45) is 0 Å². The largest absolute Gasteiger partial charge is 0.493 e. The lowest BCUT2D eigenvalue weighted by molar-refractivity contribution is -0.116. The summed E-state index contributed by atoms with van der Waals surface area (Å²) in [6.07, 6.45) is 0. The zero-order valence-corrected chi connectivity index (χ0v) is 17.4. The molecule has 1 N–H and O–H groups in total. The molecule has 0 bridgehead atoms. The van der Waals surface area contributed by atoms with Gasteiger partial charge in [-0.05, 0) is 36.4 Å². The topological polar surface area (TPSA) is 74.6 Å². The summed E-state index contributed by atoms with van der Waals surface area (Å²) < 4.78 is 18.3. The Kier molecular flexibility index (Phi) is 6.03. The number of imidazole rings is 1. The Morgan fingerprint density at radius 1 is 0.935 bits per heavy atom. The summed E-state index contributed by atoms with van der Waals surface area (Å²) in [6.45, 7) is 0.352. The normalized spacial score (nSPS) is 10.6. The van der Waals surface area contributed by atoms with Gasteiger partial charge in [0, 0.05) is 11.8 Å². The zero-order chi connectivity index (χ0) is 21.6. The summed E-state index contributed by atoms with van der Waals surface area (Å²) in [7, 11) is 3.12. The van der Waals surface area contributed by atoms with Gasteiger partial charge in [0.2, 0.25) is 5.91 Å². The minimum absolute atomic E-state index is 0.0995. The lowest BCUT2D eigenvalue weighted by atomic mass is 10.2. The first kappa shape index (κ1) is 20.3. The van der Waals surface area contributed by atoms with E-state index in [9.17, 15) is 4.79 Å². The molecule has 4 rings (SSSR count). The van der Waals surface area contributed by atoms with Gasteiger partial charge in [0.1, 0.15) is 24.7 Å². The number of aromatic nitrogens is 2. The summed E-state index contributed by atoms with van der Waals surface area (Å²) in [4.78, 5) is 17.5. The van der Waals surface area contributed by atoms with E-state index in [4.69, 9.17) is 14.2 Å². The van der Waals surface area contributed by atoms with Crippen molar-refractivity contribution < 1.29 is 19.0 Å². The van der Waals surface area contributed by atoms with Gasteiger partial charge in [-0.3, -0.25) is 4.79 Å². The number of amides is 1. The molecule has 0 unspecified atom stereocenters. The maximum atomic E-state index is 12.8. The highest BCUT2D eigenvalue weighted by Gasteiger charge is 2.15. The second-order valence-corrected chi connectivity index (χ2v) is 6.82. The summed E-state index contributed by atoms with van der Waals surface area (Å²) in [5.41, 5.74) is 2.30. The van der Waals surface area contributed by atoms with Gasteiger partial charge in [-0.15, -0.1) is 0 Å². The van der Waals surface area contributed by atoms with Crippen LogP contribution in [0.3, 0.4) is 0 Å². The predicted octanol–water partition coefficient (Wildman–Crippen LogP) is 4.27. The number of ether oxygens (including phenoxy) is 3. The minimum Gasteiger partial charge on any atom is -0.493 e. The van der Waals surface area contributed by atoms with Crippen molar-refractivity contribution in [2.75, 3.05) is 19.5 Å². The first-order valence-electron chi connectivity index (χ1n) is 9.82. The van der Waals surface area contributed by atoms with Crippen molar-refractivity contribution in [2.45, 2.75) is 13.2 Å². The van der Waals surface area contributed by atoms with E-state index < -0.39 is 0 Å². The molecule has 7 heteroatoms. The highest BCUT2D eigenvalue weighted by Crippen LogP contribution is 2.29. The van der Waals surface area contributed by atoms with E-state index in [0.29, 0.717) is 23.0 Å². The number of rotatable bonds is 8. The van der Waals surface area contributed by atoms with Gasteiger partial charge in [0.25, 0.3) is 0 Å². The maximum Gasteiger partial charge on any atom is 0.244 e. The Morgan fingerprint density at radius 3 is 2.45 bits per heavy atom. The van der Waals surface area contributed by atoms with Gasteiger partial charge in [-0.25, -0.2) is 4.98 Å². The molecular weight excluding hydrogens is 394 g/mol. The molecule has 0 spiro atoms. The van der Waals surface area contributed by atoms with Crippen LogP contribution in [-0.2, 0) is 17.9 Å². The molecule has 0 radical (unpaired) electrons. The Hall–Kier alpha value is -4.00. The van der Waals surface area contributed by atoms with Crippen LogP contribution < -0.4 is 19.5 Å². The fraction of sp³-hybridized carbons (Fsp3) is 0.167. The molecule has 0 aliphatic carbocycles. The summed E-state index contributed by atoms with van der Waals surface area (Å²) in [5, 5.41) is 2.91. The predicted molar refractivity (Wildman–Crippen MR) is 119 cm³/mol. The molecule has 0 saturated heterocycles. The number of methoxy groups -OCH3 is 2. The number of nitrogens with zero attached hydrogens (tertiary/aromatic N) is 2. The number of benzene rings is 3. The molecular formula is C24H23N3O4. The van der Waals surface area contributed by atoms with Crippen LogP contribution in [0, 0.1) is 0 Å². The van der Waals surface area contributed by atoms with Crippen LogP contribution in [0.4, 0.5) is 5.69 Å². The zero-order valence-electron chi connectivity index (χ0n) is 17.4. The quantitative estimate of drug-likeness (QED) is 0.463. The van der Waals surface area contributed by atoms with Gasteiger partial charge in [-0.1, -0.05) is 30.3 Å². The lowest BCUT2D eigenvalue weighted by Gasteiger charge is -2.13. The number of hydrogen-bond donors (Lipinski definition) is 1. The molecule has 1 aromatic heterocycles. The fourth-order valence-corrected chi connectivity index (χ4v) is 3.33. The third-order valence-electron chi connectivity index (χ3n) is 4.81. The average molecular weight is 417 g/mol. The summed E-state index contributed by atoms with van der Waals surface area (Å²) >= 11 is 0. The minimum atomic E-state index is -0.184. The standard InChI is InChI=1S/C24H23N3O4/c1-29-21-13-12-17(14-22(21)30-2)25-24(28)15-27-20-11-7-6-10-19(20)26-23(27)16-31-18-8-4-3-5-9-18/h3-14H,15-16H2,1-2H3,(H,25,28). The van der Waals surface area contributed by atoms with Gasteiger partial charge in [0.05, 0.1) is 25.3 Å². The van der Waals surface area contributed by atoms with E-state index in [1.54, 1.807) is 32.4 Å². The van der Waals surface area contributed by atoms with Crippen LogP contribution in [0.15, 0.2) is 72.8 Å². The second kappa shape index (κ2) is 9.21. The Bertz CT molecular complexity index is 1190. The summed E-state index contributed by atoms with van der Waals surface area (Å²) in [6, 6.07) is 22.5. The molecule has 7 nitrogen and oxygen atoms in total. The molecule has 0 aliphatic rings. The number of para-hydroxylation sites is 3. The number of anilines is 1. The van der Waals surface area contributed by atoms with Crippen molar-refractivity contribution in [3.05, 3.63) is 78.6 Å². The number of carbonyl (C=O) groups excluding carboxylic acids is 1. The average Bonchev–Trinajstić information content (AvgIpc) is 3.15. The van der Waals surface area contributed by atoms with E-state index in [1.807, 2.05) is 59.2 Å². The van der Waals surface area contributed by atoms with Crippen molar-refractivity contribution in [1.29, 1.82) is 0 Å². The van der Waals surface area contributed by atoms with E-state index in [0.717, 1.165) is 16.8 Å². The van der Waals surface area contributed by atoms with Crippen molar-refractivity contribution >= 4 is 22.6 Å². The second-order valence-electron chi connectivity index (χ2n) is 6.82. The lowest BCUT2D eigenvalue weighted by Crippen LogP contribution is -2.20.